The number of hydrogen-bond donors (Lipinski definition) is 1. The fourth-order valence-electron chi connectivity index (χ4n) is 2.43. The Hall–Kier alpha value is -0.920. The molecule has 0 aliphatic carbocycles. The van der Waals surface area contributed by atoms with Crippen LogP contribution in [0.15, 0.2) is 12.4 Å². The molecule has 2 heterocycles. The number of piperidine rings is 1. The van der Waals surface area contributed by atoms with Gasteiger partial charge in [-0.2, -0.15) is 4.31 Å². The second-order valence-corrected chi connectivity index (χ2v) is 6.89. The molecule has 0 amide bonds. The van der Waals surface area contributed by atoms with E-state index in [1.54, 1.807) is 23.6 Å². The van der Waals surface area contributed by atoms with E-state index in [4.69, 9.17) is 4.74 Å². The van der Waals surface area contributed by atoms with Crippen LogP contribution < -0.4 is 0 Å². The Bertz CT molecular complexity index is 486. The molecule has 2 atom stereocenters. The van der Waals surface area contributed by atoms with Crippen molar-refractivity contribution in [2.45, 2.75) is 38.3 Å². The molecule has 2 rings (SSSR count). The predicted molar refractivity (Wildman–Crippen MR) is 72.1 cm³/mol. The lowest BCUT2D eigenvalue weighted by Gasteiger charge is -2.34. The van der Waals surface area contributed by atoms with Gasteiger partial charge in [-0.15, -0.1) is 0 Å². The molecule has 0 spiro atoms. The first-order valence-electron chi connectivity index (χ1n) is 6.56. The van der Waals surface area contributed by atoms with Crippen LogP contribution in [0.1, 0.15) is 38.1 Å². The number of hydrogen-bond acceptors (Lipinski definition) is 4. The fourth-order valence-corrected chi connectivity index (χ4v) is 4.35. The first-order valence-corrected chi connectivity index (χ1v) is 8.17. The van der Waals surface area contributed by atoms with E-state index in [1.807, 2.05) is 0 Å². The minimum absolute atomic E-state index is 0.0146. The molecule has 1 aromatic heterocycles. The highest BCUT2D eigenvalue weighted by Crippen LogP contribution is 2.31. The van der Waals surface area contributed by atoms with E-state index in [9.17, 15) is 8.42 Å². The van der Waals surface area contributed by atoms with E-state index in [1.165, 1.54) is 7.11 Å². The minimum Gasteiger partial charge on any atom is -0.381 e. The summed E-state index contributed by atoms with van der Waals surface area (Å²) in [6.45, 7) is 2.33. The molecular weight excluding hydrogens is 266 g/mol. The quantitative estimate of drug-likeness (QED) is 0.885. The average Bonchev–Trinajstić information content (AvgIpc) is 2.92. The van der Waals surface area contributed by atoms with Crippen LogP contribution >= 0.6 is 0 Å². The summed E-state index contributed by atoms with van der Waals surface area (Å²) in [4.78, 5) is 7.24. The van der Waals surface area contributed by atoms with Crippen molar-refractivity contribution in [3.8, 4) is 0 Å². The summed E-state index contributed by atoms with van der Waals surface area (Å²) in [7, 11) is -1.79. The number of ether oxygens (including phenoxy) is 1. The van der Waals surface area contributed by atoms with Gasteiger partial charge in [0, 0.05) is 26.0 Å². The zero-order valence-electron chi connectivity index (χ0n) is 11.4. The maximum absolute atomic E-state index is 12.5. The normalized spacial score (nSPS) is 23.4. The summed E-state index contributed by atoms with van der Waals surface area (Å²) in [5.41, 5.74) is 0. The largest absolute Gasteiger partial charge is 0.381 e. The van der Waals surface area contributed by atoms with E-state index in [0.717, 1.165) is 25.1 Å². The second-order valence-electron chi connectivity index (χ2n) is 4.92. The first kappa shape index (κ1) is 14.5. The van der Waals surface area contributed by atoms with Gasteiger partial charge in [-0.05, 0) is 19.8 Å². The number of H-pyrrole nitrogens is 1. The van der Waals surface area contributed by atoms with Gasteiger partial charge in [-0.3, -0.25) is 0 Å². The van der Waals surface area contributed by atoms with Crippen molar-refractivity contribution < 1.29 is 13.2 Å². The van der Waals surface area contributed by atoms with Gasteiger partial charge < -0.3 is 9.72 Å². The molecular formula is C12H21N3O3S. The minimum atomic E-state index is -3.32. The Morgan fingerprint density at radius 1 is 1.58 bits per heavy atom. The summed E-state index contributed by atoms with van der Waals surface area (Å²) >= 11 is 0. The SMILES string of the molecule is COC(C)CS(=O)(=O)N1CCCCC1c1ncc[nH]1. The van der Waals surface area contributed by atoms with E-state index in [-0.39, 0.29) is 17.9 Å². The monoisotopic (exact) mass is 287 g/mol. The Morgan fingerprint density at radius 3 is 3.00 bits per heavy atom. The van der Waals surface area contributed by atoms with E-state index >= 15 is 0 Å². The lowest BCUT2D eigenvalue weighted by Crippen LogP contribution is -2.42. The van der Waals surface area contributed by atoms with Gasteiger partial charge in [0.15, 0.2) is 0 Å². The third kappa shape index (κ3) is 3.34. The number of rotatable bonds is 5. The van der Waals surface area contributed by atoms with Gasteiger partial charge in [0.1, 0.15) is 5.82 Å². The molecule has 0 saturated carbocycles. The molecule has 1 N–H and O–H groups in total. The molecule has 0 radical (unpaired) electrons. The Morgan fingerprint density at radius 2 is 2.37 bits per heavy atom. The molecule has 19 heavy (non-hydrogen) atoms. The zero-order chi connectivity index (χ0) is 13.9. The topological polar surface area (TPSA) is 75.3 Å². The molecule has 1 saturated heterocycles. The zero-order valence-corrected chi connectivity index (χ0v) is 12.2. The van der Waals surface area contributed by atoms with Crippen LogP contribution in [0.2, 0.25) is 0 Å². The van der Waals surface area contributed by atoms with Gasteiger partial charge in [0.05, 0.1) is 17.9 Å². The number of nitrogens with one attached hydrogen (secondary N) is 1. The first-order chi connectivity index (χ1) is 9.04. The van der Waals surface area contributed by atoms with Crippen molar-refractivity contribution in [3.63, 3.8) is 0 Å². The van der Waals surface area contributed by atoms with Gasteiger partial charge in [-0.25, -0.2) is 13.4 Å². The summed E-state index contributed by atoms with van der Waals surface area (Å²) in [5.74, 6) is 0.745. The molecule has 1 aromatic rings. The van der Waals surface area contributed by atoms with Crippen molar-refractivity contribution >= 4 is 10.0 Å². The third-order valence-corrected chi connectivity index (χ3v) is 5.54. The van der Waals surface area contributed by atoms with Crippen LogP contribution in [0.5, 0.6) is 0 Å². The van der Waals surface area contributed by atoms with Crippen LogP contribution in [0.4, 0.5) is 0 Å². The van der Waals surface area contributed by atoms with Crippen molar-refractivity contribution in [1.29, 1.82) is 0 Å². The third-order valence-electron chi connectivity index (χ3n) is 3.49. The molecule has 1 aliphatic heterocycles. The number of aromatic amines is 1. The number of imidazole rings is 1. The molecule has 1 fully saturated rings. The number of nitrogens with zero attached hydrogens (tertiary/aromatic N) is 2. The van der Waals surface area contributed by atoms with Gasteiger partial charge >= 0.3 is 0 Å². The van der Waals surface area contributed by atoms with Crippen molar-refractivity contribution in [3.05, 3.63) is 18.2 Å². The highest BCUT2D eigenvalue weighted by atomic mass is 32.2. The summed E-state index contributed by atoms with van der Waals surface area (Å²) in [5, 5.41) is 0. The Balaban J connectivity index is 2.20. The standard InChI is InChI=1S/C12H21N3O3S/c1-10(18-2)9-19(16,17)15-8-4-3-5-11(15)12-13-6-7-14-12/h6-7,10-11H,3-5,8-9H2,1-2H3,(H,13,14). The number of aromatic nitrogens is 2. The van der Waals surface area contributed by atoms with Crippen molar-refractivity contribution in [2.24, 2.45) is 0 Å². The van der Waals surface area contributed by atoms with E-state index in [2.05, 4.69) is 9.97 Å². The predicted octanol–water partition coefficient (Wildman–Crippen LogP) is 1.30. The molecule has 0 bridgehead atoms. The highest BCUT2D eigenvalue weighted by molar-refractivity contribution is 7.89. The maximum Gasteiger partial charge on any atom is 0.217 e. The van der Waals surface area contributed by atoms with Gasteiger partial charge in [0.25, 0.3) is 0 Å². The summed E-state index contributed by atoms with van der Waals surface area (Å²) in [6, 6.07) is -0.169. The molecule has 7 heteroatoms. The second kappa shape index (κ2) is 6.02. The van der Waals surface area contributed by atoms with Crippen molar-refractivity contribution in [2.75, 3.05) is 19.4 Å². The van der Waals surface area contributed by atoms with Gasteiger partial charge in [0.2, 0.25) is 10.0 Å². The molecule has 6 nitrogen and oxygen atoms in total. The fraction of sp³-hybridized carbons (Fsp3) is 0.750. The number of methoxy groups -OCH3 is 1. The maximum atomic E-state index is 12.5. The van der Waals surface area contributed by atoms with Crippen LogP contribution in [-0.2, 0) is 14.8 Å². The molecule has 0 aromatic carbocycles. The average molecular weight is 287 g/mol. The van der Waals surface area contributed by atoms with Crippen LogP contribution in [0.3, 0.4) is 0 Å². The van der Waals surface area contributed by atoms with Crippen LogP contribution in [0.25, 0.3) is 0 Å². The smallest absolute Gasteiger partial charge is 0.217 e. The lowest BCUT2D eigenvalue weighted by atomic mass is 10.0. The van der Waals surface area contributed by atoms with E-state index < -0.39 is 10.0 Å². The Labute approximate surface area is 114 Å². The van der Waals surface area contributed by atoms with Crippen LogP contribution in [-0.4, -0.2) is 48.2 Å². The van der Waals surface area contributed by atoms with E-state index in [0.29, 0.717) is 6.54 Å². The summed E-state index contributed by atoms with van der Waals surface area (Å²) in [6.07, 6.45) is 5.83. The molecule has 1 aliphatic rings. The van der Waals surface area contributed by atoms with Crippen molar-refractivity contribution in [1.82, 2.24) is 14.3 Å². The Kier molecular flexibility index (Phi) is 4.59. The summed E-state index contributed by atoms with van der Waals surface area (Å²) < 4.78 is 31.6. The lowest BCUT2D eigenvalue weighted by molar-refractivity contribution is 0.133. The van der Waals surface area contributed by atoms with Crippen LogP contribution in [0, 0.1) is 0 Å². The molecule has 108 valence electrons. The highest BCUT2D eigenvalue weighted by Gasteiger charge is 2.35. The van der Waals surface area contributed by atoms with Gasteiger partial charge in [-0.1, -0.05) is 6.42 Å². The number of sulfonamides is 1. The molecule has 2 unspecified atom stereocenters.